The number of amides is 3. The van der Waals surface area contributed by atoms with Gasteiger partial charge in [-0.05, 0) is 48.9 Å². The third-order valence-corrected chi connectivity index (χ3v) is 6.56. The predicted molar refractivity (Wildman–Crippen MR) is 126 cm³/mol. The molecule has 1 atom stereocenters. The second kappa shape index (κ2) is 10.1. The molecular weight excluding hydrogens is 402 g/mol. The number of para-hydroxylation sites is 2. The van der Waals surface area contributed by atoms with E-state index in [-0.39, 0.29) is 24.0 Å². The lowest BCUT2D eigenvalue weighted by molar-refractivity contribution is -0.126. The zero-order valence-corrected chi connectivity index (χ0v) is 19.0. The van der Waals surface area contributed by atoms with Crippen molar-refractivity contribution in [2.45, 2.75) is 52.2 Å². The van der Waals surface area contributed by atoms with Crippen LogP contribution in [0.2, 0.25) is 0 Å². The highest BCUT2D eigenvalue weighted by atomic mass is 16.5. The molecule has 1 fully saturated rings. The summed E-state index contributed by atoms with van der Waals surface area (Å²) < 4.78 is 6.01. The number of ether oxygens (including phenoxy) is 1. The SMILES string of the molecule is CCc1ccc(CNC(=O)C2CCN(C(=O)N3C[C@H](CC)Oc4ccccc43)CC2)cc1. The molecule has 2 aromatic rings. The van der Waals surface area contributed by atoms with Gasteiger partial charge in [0.15, 0.2) is 0 Å². The Balaban J connectivity index is 1.31. The molecule has 0 unspecified atom stereocenters. The highest BCUT2D eigenvalue weighted by molar-refractivity contribution is 5.94. The fraction of sp³-hybridized carbons (Fsp3) is 0.462. The van der Waals surface area contributed by atoms with Gasteiger partial charge in [0.2, 0.25) is 5.91 Å². The summed E-state index contributed by atoms with van der Waals surface area (Å²) in [6.07, 6.45) is 3.25. The van der Waals surface area contributed by atoms with Crippen LogP contribution < -0.4 is 15.0 Å². The van der Waals surface area contributed by atoms with Crippen molar-refractivity contribution in [3.05, 3.63) is 59.7 Å². The number of benzene rings is 2. The van der Waals surface area contributed by atoms with Crippen molar-refractivity contribution in [1.29, 1.82) is 0 Å². The van der Waals surface area contributed by atoms with Gasteiger partial charge in [-0.1, -0.05) is 50.2 Å². The molecule has 6 heteroatoms. The highest BCUT2D eigenvalue weighted by Crippen LogP contribution is 2.35. The van der Waals surface area contributed by atoms with E-state index >= 15 is 0 Å². The van der Waals surface area contributed by atoms with Crippen molar-refractivity contribution in [3.8, 4) is 5.75 Å². The topological polar surface area (TPSA) is 61.9 Å². The molecule has 0 saturated carbocycles. The molecule has 2 aliphatic rings. The molecule has 2 heterocycles. The molecule has 2 aromatic carbocycles. The van der Waals surface area contributed by atoms with Gasteiger partial charge in [-0.3, -0.25) is 9.69 Å². The number of nitrogens with zero attached hydrogens (tertiary/aromatic N) is 2. The maximum absolute atomic E-state index is 13.3. The standard InChI is InChI=1S/C26H33N3O3/c1-3-19-9-11-20(12-10-19)17-27-25(30)21-13-15-28(16-14-21)26(31)29-18-22(4-2)32-24-8-6-5-7-23(24)29/h5-12,21-22H,3-4,13-18H2,1-2H3,(H,27,30)/t22-/m0/s1. The summed E-state index contributed by atoms with van der Waals surface area (Å²) in [5.41, 5.74) is 3.24. The zero-order valence-electron chi connectivity index (χ0n) is 19.0. The Morgan fingerprint density at radius 2 is 1.69 bits per heavy atom. The number of anilines is 1. The molecule has 4 rings (SSSR count). The number of likely N-dealkylation sites (tertiary alicyclic amines) is 1. The van der Waals surface area contributed by atoms with Gasteiger partial charge < -0.3 is 15.0 Å². The fourth-order valence-electron chi connectivity index (χ4n) is 4.42. The van der Waals surface area contributed by atoms with E-state index in [4.69, 9.17) is 4.74 Å². The first kappa shape index (κ1) is 22.2. The number of hydrogen-bond acceptors (Lipinski definition) is 3. The molecular formula is C26H33N3O3. The minimum absolute atomic E-state index is 0.00330. The summed E-state index contributed by atoms with van der Waals surface area (Å²) in [5, 5.41) is 3.07. The van der Waals surface area contributed by atoms with Crippen LogP contribution in [0.5, 0.6) is 5.75 Å². The lowest BCUT2D eigenvalue weighted by atomic mass is 9.96. The number of carbonyl (C=O) groups excluding carboxylic acids is 2. The molecule has 0 radical (unpaired) electrons. The lowest BCUT2D eigenvalue weighted by Gasteiger charge is -2.39. The summed E-state index contributed by atoms with van der Waals surface area (Å²) in [6.45, 7) is 6.50. The molecule has 0 aliphatic carbocycles. The third kappa shape index (κ3) is 4.90. The normalized spacial score (nSPS) is 18.6. The molecule has 6 nitrogen and oxygen atoms in total. The van der Waals surface area contributed by atoms with Crippen LogP contribution in [0.25, 0.3) is 0 Å². The van der Waals surface area contributed by atoms with E-state index in [1.54, 1.807) is 0 Å². The van der Waals surface area contributed by atoms with Crippen LogP contribution >= 0.6 is 0 Å². The van der Waals surface area contributed by atoms with E-state index in [9.17, 15) is 9.59 Å². The number of rotatable bonds is 5. The van der Waals surface area contributed by atoms with Crippen LogP contribution in [0.3, 0.4) is 0 Å². The van der Waals surface area contributed by atoms with Gasteiger partial charge in [0.1, 0.15) is 11.9 Å². The molecule has 1 saturated heterocycles. The number of nitrogens with one attached hydrogen (secondary N) is 1. The molecule has 32 heavy (non-hydrogen) atoms. The van der Waals surface area contributed by atoms with Gasteiger partial charge in [0.25, 0.3) is 0 Å². The van der Waals surface area contributed by atoms with Gasteiger partial charge in [0, 0.05) is 25.6 Å². The van der Waals surface area contributed by atoms with Crippen LogP contribution in [0.15, 0.2) is 48.5 Å². The molecule has 0 spiro atoms. The molecule has 170 valence electrons. The Morgan fingerprint density at radius 1 is 1.00 bits per heavy atom. The van der Waals surface area contributed by atoms with Gasteiger partial charge in [-0.2, -0.15) is 0 Å². The van der Waals surface area contributed by atoms with Gasteiger partial charge >= 0.3 is 6.03 Å². The van der Waals surface area contributed by atoms with Crippen molar-refractivity contribution in [1.82, 2.24) is 10.2 Å². The quantitative estimate of drug-likeness (QED) is 0.758. The Labute approximate surface area is 190 Å². The first-order chi connectivity index (χ1) is 15.6. The van der Waals surface area contributed by atoms with Crippen LogP contribution in [0, 0.1) is 5.92 Å². The molecule has 0 bridgehead atoms. The van der Waals surface area contributed by atoms with Gasteiger partial charge in [-0.15, -0.1) is 0 Å². The summed E-state index contributed by atoms with van der Waals surface area (Å²) >= 11 is 0. The Morgan fingerprint density at radius 3 is 2.38 bits per heavy atom. The van der Waals surface area contributed by atoms with E-state index in [1.165, 1.54) is 5.56 Å². The molecule has 2 aliphatic heterocycles. The average Bonchev–Trinajstić information content (AvgIpc) is 2.86. The Bertz CT molecular complexity index is 936. The van der Waals surface area contributed by atoms with Crippen molar-refractivity contribution in [2.75, 3.05) is 24.5 Å². The predicted octanol–water partition coefficient (Wildman–Crippen LogP) is 4.37. The van der Waals surface area contributed by atoms with E-state index in [0.717, 1.165) is 29.8 Å². The zero-order chi connectivity index (χ0) is 22.5. The van der Waals surface area contributed by atoms with Crippen molar-refractivity contribution < 1.29 is 14.3 Å². The maximum atomic E-state index is 13.3. The van der Waals surface area contributed by atoms with Crippen LogP contribution in [0.4, 0.5) is 10.5 Å². The van der Waals surface area contributed by atoms with Gasteiger partial charge in [-0.25, -0.2) is 4.79 Å². The molecule has 3 amide bonds. The van der Waals surface area contributed by atoms with Crippen LogP contribution in [0.1, 0.15) is 44.2 Å². The lowest BCUT2D eigenvalue weighted by Crippen LogP contribution is -2.52. The summed E-state index contributed by atoms with van der Waals surface area (Å²) in [5.74, 6) is 0.800. The van der Waals surface area contributed by atoms with Crippen molar-refractivity contribution >= 4 is 17.6 Å². The van der Waals surface area contributed by atoms with E-state index in [0.29, 0.717) is 39.0 Å². The number of aryl methyl sites for hydroxylation is 1. The summed E-state index contributed by atoms with van der Waals surface area (Å²) in [7, 11) is 0. The Kier molecular flexibility index (Phi) is 6.98. The number of urea groups is 1. The van der Waals surface area contributed by atoms with Crippen LogP contribution in [-0.4, -0.2) is 42.6 Å². The number of fused-ring (bicyclic) bond motifs is 1. The van der Waals surface area contributed by atoms with E-state index in [1.807, 2.05) is 34.1 Å². The largest absolute Gasteiger partial charge is 0.486 e. The second-order valence-electron chi connectivity index (χ2n) is 8.66. The highest BCUT2D eigenvalue weighted by Gasteiger charge is 2.34. The monoisotopic (exact) mass is 435 g/mol. The van der Waals surface area contributed by atoms with E-state index in [2.05, 4.69) is 43.4 Å². The first-order valence-electron chi connectivity index (χ1n) is 11.8. The fourth-order valence-corrected chi connectivity index (χ4v) is 4.42. The van der Waals surface area contributed by atoms with Gasteiger partial charge in [0.05, 0.1) is 12.2 Å². The smallest absolute Gasteiger partial charge is 0.324 e. The summed E-state index contributed by atoms with van der Waals surface area (Å²) in [6, 6.07) is 16.1. The number of hydrogen-bond donors (Lipinski definition) is 1. The summed E-state index contributed by atoms with van der Waals surface area (Å²) in [4.78, 5) is 29.7. The average molecular weight is 436 g/mol. The number of carbonyl (C=O) groups is 2. The minimum atomic E-state index is -0.0469. The van der Waals surface area contributed by atoms with Crippen LogP contribution in [-0.2, 0) is 17.8 Å². The van der Waals surface area contributed by atoms with Crippen molar-refractivity contribution in [3.63, 3.8) is 0 Å². The number of piperidine rings is 1. The van der Waals surface area contributed by atoms with E-state index < -0.39 is 0 Å². The Hall–Kier alpha value is -3.02. The molecule has 0 aromatic heterocycles. The maximum Gasteiger partial charge on any atom is 0.324 e. The molecule has 1 N–H and O–H groups in total. The first-order valence-corrected chi connectivity index (χ1v) is 11.8. The minimum Gasteiger partial charge on any atom is -0.486 e. The van der Waals surface area contributed by atoms with Crippen molar-refractivity contribution in [2.24, 2.45) is 5.92 Å². The second-order valence-corrected chi connectivity index (χ2v) is 8.66. The third-order valence-electron chi connectivity index (χ3n) is 6.56.